The second-order valence-corrected chi connectivity index (χ2v) is 5.98. The van der Waals surface area contributed by atoms with Gasteiger partial charge in [0.25, 0.3) is 0 Å². The van der Waals surface area contributed by atoms with Gasteiger partial charge < -0.3 is 23.7 Å². The van der Waals surface area contributed by atoms with E-state index in [9.17, 15) is 13.2 Å². The van der Waals surface area contributed by atoms with E-state index in [1.165, 1.54) is 0 Å². The summed E-state index contributed by atoms with van der Waals surface area (Å²) >= 11 is 0. The first kappa shape index (κ1) is 24.2. The van der Waals surface area contributed by atoms with Gasteiger partial charge >= 0.3 is 12.1 Å². The van der Waals surface area contributed by atoms with Crippen LogP contribution in [0.2, 0.25) is 0 Å². The van der Waals surface area contributed by atoms with Crippen molar-refractivity contribution < 1.29 is 41.7 Å². The molecule has 2 aromatic rings. The number of aliphatic carboxylic acids is 1. The molecule has 7 nitrogen and oxygen atoms in total. The third-order valence-electron chi connectivity index (χ3n) is 3.69. The Bertz CT molecular complexity index is 804. The van der Waals surface area contributed by atoms with Crippen molar-refractivity contribution >= 4 is 5.97 Å². The normalized spacial score (nSPS) is 10.9. The number of carboxylic acids is 1. The zero-order valence-corrected chi connectivity index (χ0v) is 16.8. The fourth-order valence-corrected chi connectivity index (χ4v) is 2.47. The lowest BCUT2D eigenvalue weighted by molar-refractivity contribution is -0.192. The second-order valence-electron chi connectivity index (χ2n) is 5.98. The summed E-state index contributed by atoms with van der Waals surface area (Å²) in [4.78, 5) is 11.1. The molecular weight excluding hydrogens is 395 g/mol. The molecule has 2 rings (SSSR count). The molecule has 0 unspecified atom stereocenters. The summed E-state index contributed by atoms with van der Waals surface area (Å²) in [5, 5.41) is 7.12. The first-order chi connectivity index (χ1) is 13.5. The number of benzene rings is 1. The van der Waals surface area contributed by atoms with Crippen molar-refractivity contribution in [2.24, 2.45) is 0 Å². The smallest absolute Gasteiger partial charge is 0.490 e. The molecule has 1 heterocycles. The lowest BCUT2D eigenvalue weighted by atomic mass is 10.1. The number of ether oxygens (including phenoxy) is 3. The van der Waals surface area contributed by atoms with Crippen LogP contribution in [-0.4, -0.2) is 50.5 Å². The molecule has 0 spiro atoms. The number of carboxylic acid groups (broad SMARTS) is 1. The van der Waals surface area contributed by atoms with Crippen LogP contribution in [-0.2, 0) is 17.9 Å². The maximum atomic E-state index is 10.6. The van der Waals surface area contributed by atoms with Crippen LogP contribution in [0, 0.1) is 6.92 Å². The van der Waals surface area contributed by atoms with Gasteiger partial charge in [-0.15, -0.1) is 0 Å². The Morgan fingerprint density at radius 1 is 1.03 bits per heavy atom. The molecule has 1 N–H and O–H groups in total. The van der Waals surface area contributed by atoms with Crippen molar-refractivity contribution in [2.75, 3.05) is 28.4 Å². The van der Waals surface area contributed by atoms with Gasteiger partial charge in [0.05, 0.1) is 27.9 Å². The van der Waals surface area contributed by atoms with Crippen molar-refractivity contribution in [1.29, 1.82) is 0 Å². The van der Waals surface area contributed by atoms with E-state index < -0.39 is 12.1 Å². The monoisotopic (exact) mass is 419 g/mol. The van der Waals surface area contributed by atoms with E-state index in [0.29, 0.717) is 23.8 Å². The summed E-state index contributed by atoms with van der Waals surface area (Å²) in [7, 11) is 6.90. The van der Waals surface area contributed by atoms with Gasteiger partial charge in [-0.1, -0.05) is 6.07 Å². The third-order valence-corrected chi connectivity index (χ3v) is 3.69. The minimum Gasteiger partial charge on any atom is -0.493 e. The molecule has 0 fully saturated rings. The van der Waals surface area contributed by atoms with Gasteiger partial charge in [0.2, 0.25) is 5.75 Å². The highest BCUT2D eigenvalue weighted by Gasteiger charge is 2.38. The highest BCUT2D eigenvalue weighted by molar-refractivity contribution is 5.73. The Balaban J connectivity index is 0.000000516. The van der Waals surface area contributed by atoms with Crippen molar-refractivity contribution in [2.45, 2.75) is 26.2 Å². The summed E-state index contributed by atoms with van der Waals surface area (Å²) in [5.74, 6) is 1.08. The van der Waals surface area contributed by atoms with Crippen LogP contribution in [0.4, 0.5) is 13.2 Å². The van der Waals surface area contributed by atoms with E-state index >= 15 is 0 Å². The predicted octanol–water partition coefficient (Wildman–Crippen LogP) is 3.88. The number of aryl methyl sites for hydroxylation is 1. The first-order valence-corrected chi connectivity index (χ1v) is 8.35. The number of hydrogen-bond acceptors (Lipinski definition) is 6. The van der Waals surface area contributed by atoms with E-state index in [-0.39, 0.29) is 0 Å². The lowest BCUT2D eigenvalue weighted by Crippen LogP contribution is -2.21. The number of furan rings is 1. The van der Waals surface area contributed by atoms with Crippen molar-refractivity contribution in [3.05, 3.63) is 41.3 Å². The summed E-state index contributed by atoms with van der Waals surface area (Å²) < 4.78 is 53.6. The van der Waals surface area contributed by atoms with Gasteiger partial charge in [0.1, 0.15) is 11.5 Å². The maximum absolute atomic E-state index is 10.6. The van der Waals surface area contributed by atoms with E-state index in [0.717, 1.165) is 23.6 Å². The summed E-state index contributed by atoms with van der Waals surface area (Å²) in [6.07, 6.45) is -5.08. The molecule has 0 amide bonds. The van der Waals surface area contributed by atoms with E-state index in [1.807, 2.05) is 38.2 Å². The first-order valence-electron chi connectivity index (χ1n) is 8.35. The van der Waals surface area contributed by atoms with Gasteiger partial charge in [-0.25, -0.2) is 4.79 Å². The van der Waals surface area contributed by atoms with Gasteiger partial charge in [-0.2, -0.15) is 13.2 Å². The van der Waals surface area contributed by atoms with Crippen molar-refractivity contribution in [1.82, 2.24) is 4.90 Å². The molecule has 0 aliphatic carbocycles. The number of hydrogen-bond donors (Lipinski definition) is 1. The molecule has 0 bridgehead atoms. The Labute approximate surface area is 166 Å². The second kappa shape index (κ2) is 10.6. The van der Waals surface area contributed by atoms with Gasteiger partial charge in [-0.05, 0) is 32.2 Å². The molecule has 0 saturated heterocycles. The molecule has 10 heteroatoms. The van der Waals surface area contributed by atoms with Crippen LogP contribution in [0.1, 0.15) is 17.1 Å². The van der Waals surface area contributed by atoms with Crippen molar-refractivity contribution in [3.63, 3.8) is 0 Å². The minimum atomic E-state index is -5.08. The zero-order chi connectivity index (χ0) is 22.2. The molecule has 162 valence electrons. The molecule has 0 aliphatic rings. The highest BCUT2D eigenvalue weighted by Crippen LogP contribution is 2.40. The number of halogens is 3. The minimum absolute atomic E-state index is 0.616. The third kappa shape index (κ3) is 7.22. The van der Waals surface area contributed by atoms with Crippen LogP contribution in [0.5, 0.6) is 17.2 Å². The van der Waals surface area contributed by atoms with Crippen LogP contribution in [0.15, 0.2) is 28.7 Å². The largest absolute Gasteiger partial charge is 0.493 e. The summed E-state index contributed by atoms with van der Waals surface area (Å²) in [6, 6.07) is 7.85. The van der Waals surface area contributed by atoms with Crippen LogP contribution in [0.3, 0.4) is 0 Å². The highest BCUT2D eigenvalue weighted by atomic mass is 19.4. The van der Waals surface area contributed by atoms with Crippen LogP contribution >= 0.6 is 0 Å². The SMILES string of the molecule is COc1ccc(CN(C)Cc2ccc(C)o2)c(OC)c1OC.O=C(O)C(F)(F)F. The van der Waals surface area contributed by atoms with Crippen molar-refractivity contribution in [3.8, 4) is 17.2 Å². The molecular formula is C19H24F3NO6. The lowest BCUT2D eigenvalue weighted by Gasteiger charge is -2.20. The molecule has 0 radical (unpaired) electrons. The summed E-state index contributed by atoms with van der Waals surface area (Å²) in [5.41, 5.74) is 1.03. The number of carbonyl (C=O) groups is 1. The Morgan fingerprint density at radius 2 is 1.62 bits per heavy atom. The average Bonchev–Trinajstić information content (AvgIpc) is 3.05. The van der Waals surface area contributed by atoms with Crippen LogP contribution in [0.25, 0.3) is 0 Å². The molecule has 0 atom stereocenters. The van der Waals surface area contributed by atoms with E-state index in [2.05, 4.69) is 4.90 Å². The number of rotatable bonds is 7. The fourth-order valence-electron chi connectivity index (χ4n) is 2.47. The summed E-state index contributed by atoms with van der Waals surface area (Å²) in [6.45, 7) is 3.38. The Morgan fingerprint density at radius 3 is 2.03 bits per heavy atom. The Kier molecular flexibility index (Phi) is 8.84. The van der Waals surface area contributed by atoms with Crippen LogP contribution < -0.4 is 14.2 Å². The number of alkyl halides is 3. The molecule has 1 aromatic carbocycles. The molecule has 1 aromatic heterocycles. The number of nitrogens with zero attached hydrogens (tertiary/aromatic N) is 1. The van der Waals surface area contributed by atoms with E-state index in [1.54, 1.807) is 21.3 Å². The maximum Gasteiger partial charge on any atom is 0.490 e. The predicted molar refractivity (Wildman–Crippen MR) is 98.4 cm³/mol. The Hall–Kier alpha value is -2.88. The topological polar surface area (TPSA) is 81.4 Å². The fraction of sp³-hybridized carbons (Fsp3) is 0.421. The molecule has 0 saturated carbocycles. The molecule has 0 aliphatic heterocycles. The average molecular weight is 419 g/mol. The van der Waals surface area contributed by atoms with Gasteiger partial charge in [0.15, 0.2) is 11.5 Å². The zero-order valence-electron chi connectivity index (χ0n) is 16.8. The number of methoxy groups -OCH3 is 3. The van der Waals surface area contributed by atoms with Gasteiger partial charge in [-0.3, -0.25) is 4.90 Å². The standard InChI is InChI=1S/C17H23NO4.C2HF3O2/c1-12-6-8-14(22-12)11-18(2)10-13-7-9-15(19-3)17(21-5)16(13)20-4;3-2(4,5)1(6)7/h6-9H,10-11H2,1-5H3;(H,6,7). The quantitative estimate of drug-likeness (QED) is 0.729. The van der Waals surface area contributed by atoms with Gasteiger partial charge in [0, 0.05) is 12.1 Å². The molecule has 29 heavy (non-hydrogen) atoms. The van der Waals surface area contributed by atoms with E-state index in [4.69, 9.17) is 28.5 Å².